The van der Waals surface area contributed by atoms with E-state index in [1.807, 2.05) is 13.8 Å². The maximum atomic E-state index is 11.2. The molecule has 0 aliphatic heterocycles. The van der Waals surface area contributed by atoms with E-state index in [1.165, 1.54) is 0 Å². The second-order valence-electron chi connectivity index (χ2n) is 3.90. The number of hydrogen-bond acceptors (Lipinski definition) is 3. The van der Waals surface area contributed by atoms with Crippen LogP contribution in [0.4, 0.5) is 4.79 Å². The van der Waals surface area contributed by atoms with Crippen molar-refractivity contribution in [3.63, 3.8) is 0 Å². The first-order valence-corrected chi connectivity index (χ1v) is 5.09. The maximum Gasteiger partial charge on any atom is 0.407 e. The van der Waals surface area contributed by atoms with Crippen LogP contribution in [-0.2, 0) is 4.74 Å². The molecule has 4 heteroatoms. The molecule has 0 saturated heterocycles. The Kier molecular flexibility index (Phi) is 6.28. The normalized spacial score (nSPS) is 11.1. The quantitative estimate of drug-likeness (QED) is 0.646. The summed E-state index contributed by atoms with van der Waals surface area (Å²) in [6.45, 7) is 6.37. The fourth-order valence-electron chi connectivity index (χ4n) is 1.21. The number of alkyl carbamates (subject to hydrolysis) is 1. The summed E-state index contributed by atoms with van der Waals surface area (Å²) >= 11 is 0. The first kappa shape index (κ1) is 13.2. The van der Waals surface area contributed by atoms with Crippen LogP contribution in [0.3, 0.4) is 0 Å². The van der Waals surface area contributed by atoms with Gasteiger partial charge in [0.1, 0.15) is 5.60 Å². The molecule has 14 heavy (non-hydrogen) atoms. The third-order valence-corrected chi connectivity index (χ3v) is 1.83. The van der Waals surface area contributed by atoms with Crippen molar-refractivity contribution in [1.82, 2.24) is 5.32 Å². The van der Waals surface area contributed by atoms with Crippen molar-refractivity contribution < 1.29 is 14.6 Å². The summed E-state index contributed by atoms with van der Waals surface area (Å²) in [5.41, 5.74) is -0.405. The maximum absolute atomic E-state index is 11.2. The molecule has 0 aromatic rings. The number of hydrogen-bond donors (Lipinski definition) is 2. The highest BCUT2D eigenvalue weighted by Gasteiger charge is 2.21. The van der Waals surface area contributed by atoms with Gasteiger partial charge in [0, 0.05) is 13.2 Å². The van der Waals surface area contributed by atoms with Crippen molar-refractivity contribution in [3.05, 3.63) is 0 Å². The van der Waals surface area contributed by atoms with Crippen LogP contribution in [0.2, 0.25) is 0 Å². The lowest BCUT2D eigenvalue weighted by Crippen LogP contribution is -2.35. The monoisotopic (exact) mass is 203 g/mol. The van der Waals surface area contributed by atoms with E-state index in [1.54, 1.807) is 0 Å². The minimum absolute atomic E-state index is 0.0820. The lowest BCUT2D eigenvalue weighted by atomic mass is 10.0. The molecule has 0 aromatic heterocycles. The fraction of sp³-hybridized carbons (Fsp3) is 0.900. The Labute approximate surface area is 85.6 Å². The van der Waals surface area contributed by atoms with Crippen LogP contribution in [0.1, 0.15) is 40.0 Å². The number of ether oxygens (including phenoxy) is 1. The Bertz CT molecular complexity index is 169. The highest BCUT2D eigenvalue weighted by Crippen LogP contribution is 2.16. The van der Waals surface area contributed by atoms with E-state index in [4.69, 9.17) is 9.84 Å². The van der Waals surface area contributed by atoms with E-state index < -0.39 is 11.7 Å². The molecule has 0 atom stereocenters. The number of rotatable bonds is 6. The van der Waals surface area contributed by atoms with Gasteiger partial charge in [0.2, 0.25) is 0 Å². The summed E-state index contributed by atoms with van der Waals surface area (Å²) in [7, 11) is 0. The molecule has 0 aromatic carbocycles. The Hall–Kier alpha value is -0.770. The average Bonchev–Trinajstić information content (AvgIpc) is 2.03. The molecule has 0 aliphatic carbocycles. The Morgan fingerprint density at radius 1 is 1.50 bits per heavy atom. The largest absolute Gasteiger partial charge is 0.444 e. The minimum atomic E-state index is -0.406. The van der Waals surface area contributed by atoms with Crippen molar-refractivity contribution in [2.24, 2.45) is 0 Å². The zero-order valence-corrected chi connectivity index (χ0v) is 9.30. The zero-order chi connectivity index (χ0) is 11.0. The number of aliphatic hydroxyl groups is 1. The van der Waals surface area contributed by atoms with Gasteiger partial charge in [-0.2, -0.15) is 0 Å². The van der Waals surface area contributed by atoms with Crippen molar-refractivity contribution in [1.29, 1.82) is 0 Å². The van der Waals surface area contributed by atoms with E-state index in [-0.39, 0.29) is 6.61 Å². The third-order valence-electron chi connectivity index (χ3n) is 1.83. The van der Waals surface area contributed by atoms with E-state index in [9.17, 15) is 4.79 Å². The summed E-state index contributed by atoms with van der Waals surface area (Å²) in [4.78, 5) is 11.2. The van der Waals surface area contributed by atoms with Gasteiger partial charge in [0.05, 0.1) is 0 Å². The molecule has 0 saturated carbocycles. The van der Waals surface area contributed by atoms with Gasteiger partial charge in [0.25, 0.3) is 0 Å². The van der Waals surface area contributed by atoms with Crippen LogP contribution in [0, 0.1) is 0 Å². The molecule has 4 nitrogen and oxygen atoms in total. The van der Waals surface area contributed by atoms with Gasteiger partial charge in [0.15, 0.2) is 0 Å². The second-order valence-corrected chi connectivity index (χ2v) is 3.90. The van der Waals surface area contributed by atoms with Crippen LogP contribution in [0.25, 0.3) is 0 Å². The highest BCUT2D eigenvalue weighted by molar-refractivity contribution is 5.67. The van der Waals surface area contributed by atoms with Gasteiger partial charge in [-0.25, -0.2) is 4.79 Å². The Balaban J connectivity index is 3.69. The molecule has 1 amide bonds. The molecule has 0 rings (SSSR count). The smallest absolute Gasteiger partial charge is 0.407 e. The van der Waals surface area contributed by atoms with E-state index in [0.29, 0.717) is 13.0 Å². The summed E-state index contributed by atoms with van der Waals surface area (Å²) in [6.07, 6.45) is 1.98. The van der Waals surface area contributed by atoms with Crippen LogP contribution in [0.5, 0.6) is 0 Å². The number of carbonyl (C=O) groups excluding carboxylic acids is 1. The summed E-state index contributed by atoms with van der Waals surface area (Å²) in [6, 6.07) is 0. The van der Waals surface area contributed by atoms with Gasteiger partial charge in [-0.05, 0) is 26.7 Å². The topological polar surface area (TPSA) is 58.6 Å². The van der Waals surface area contributed by atoms with E-state index >= 15 is 0 Å². The lowest BCUT2D eigenvalue weighted by Gasteiger charge is -2.24. The van der Waals surface area contributed by atoms with E-state index in [2.05, 4.69) is 12.2 Å². The molecular formula is C10H21NO3. The minimum Gasteiger partial charge on any atom is -0.444 e. The lowest BCUT2D eigenvalue weighted by molar-refractivity contribution is 0.0321. The van der Waals surface area contributed by atoms with Gasteiger partial charge >= 0.3 is 6.09 Å². The fourth-order valence-corrected chi connectivity index (χ4v) is 1.21. The van der Waals surface area contributed by atoms with Crippen molar-refractivity contribution in [3.8, 4) is 0 Å². The first-order valence-electron chi connectivity index (χ1n) is 5.09. The summed E-state index contributed by atoms with van der Waals surface area (Å²) in [5, 5.41) is 11.1. The molecular weight excluding hydrogens is 182 g/mol. The van der Waals surface area contributed by atoms with Crippen molar-refractivity contribution >= 4 is 6.09 Å². The molecule has 0 unspecified atom stereocenters. The molecule has 0 bridgehead atoms. The molecule has 2 N–H and O–H groups in total. The van der Waals surface area contributed by atoms with Gasteiger partial charge in [-0.1, -0.05) is 13.3 Å². The molecule has 0 spiro atoms. The van der Waals surface area contributed by atoms with E-state index in [0.717, 1.165) is 12.8 Å². The molecule has 0 heterocycles. The van der Waals surface area contributed by atoms with Crippen molar-refractivity contribution in [2.45, 2.75) is 45.6 Å². The second kappa shape index (κ2) is 6.65. The standard InChI is InChI=1S/C10H21NO3/c1-4-6-10(2,3)14-9(13)11-7-5-8-12/h12H,4-8H2,1-3H3,(H,11,13). The van der Waals surface area contributed by atoms with Gasteiger partial charge in [-0.3, -0.25) is 0 Å². The average molecular weight is 203 g/mol. The summed E-state index contributed by atoms with van der Waals surface area (Å²) < 4.78 is 5.19. The Morgan fingerprint density at radius 3 is 2.64 bits per heavy atom. The van der Waals surface area contributed by atoms with Crippen LogP contribution >= 0.6 is 0 Å². The van der Waals surface area contributed by atoms with Crippen molar-refractivity contribution in [2.75, 3.05) is 13.2 Å². The number of carbonyl (C=O) groups is 1. The SMILES string of the molecule is CCCC(C)(C)OC(=O)NCCCO. The zero-order valence-electron chi connectivity index (χ0n) is 9.30. The predicted octanol–water partition coefficient (Wildman–Crippen LogP) is 1.67. The number of nitrogens with one attached hydrogen (secondary N) is 1. The molecule has 0 aliphatic rings. The van der Waals surface area contributed by atoms with Crippen LogP contribution in [-0.4, -0.2) is 30.0 Å². The Morgan fingerprint density at radius 2 is 2.14 bits per heavy atom. The van der Waals surface area contributed by atoms with Crippen LogP contribution in [0.15, 0.2) is 0 Å². The van der Waals surface area contributed by atoms with Gasteiger partial charge < -0.3 is 15.2 Å². The third kappa shape index (κ3) is 6.71. The summed E-state index contributed by atoms with van der Waals surface area (Å²) in [5.74, 6) is 0. The molecule has 0 radical (unpaired) electrons. The van der Waals surface area contributed by atoms with Crippen LogP contribution < -0.4 is 5.32 Å². The molecule has 84 valence electrons. The number of amides is 1. The predicted molar refractivity (Wildman–Crippen MR) is 55.2 cm³/mol. The number of aliphatic hydroxyl groups excluding tert-OH is 1. The van der Waals surface area contributed by atoms with Gasteiger partial charge in [-0.15, -0.1) is 0 Å². The molecule has 0 fully saturated rings. The first-order chi connectivity index (χ1) is 6.52. The highest BCUT2D eigenvalue weighted by atomic mass is 16.6.